The maximum Gasteiger partial charge on any atom is 0.202 e. The number of aliphatic hydroxyl groups excluding tert-OH is 1. The molecule has 0 radical (unpaired) electrons. The summed E-state index contributed by atoms with van der Waals surface area (Å²) in [5, 5.41) is 48.6. The molecule has 2 saturated heterocycles. The molecule has 4 aliphatic rings. The van der Waals surface area contributed by atoms with Crippen molar-refractivity contribution in [1.82, 2.24) is 0 Å². The molecule has 15 heteroatoms. The second-order valence-electron chi connectivity index (χ2n) is 12.8. The topological polar surface area (TPSA) is 227 Å². The van der Waals surface area contributed by atoms with Crippen molar-refractivity contribution in [2.24, 2.45) is 5.11 Å². The van der Waals surface area contributed by atoms with Gasteiger partial charge in [-0.15, -0.1) is 0 Å². The number of fused-ring (bicyclic) bond motifs is 3. The van der Waals surface area contributed by atoms with Gasteiger partial charge in [0, 0.05) is 47.3 Å². The highest BCUT2D eigenvalue weighted by Gasteiger charge is 2.50. The Morgan fingerprint density at radius 2 is 1.73 bits per heavy atom. The van der Waals surface area contributed by atoms with Gasteiger partial charge >= 0.3 is 0 Å². The number of methoxy groups -OCH3 is 1. The number of Topliss-reactive ketones (excluding diaryl/α,β-unsaturated/α-hetero) is 1. The third kappa shape index (κ3) is 5.60. The van der Waals surface area contributed by atoms with Gasteiger partial charge in [0.1, 0.15) is 22.8 Å². The van der Waals surface area contributed by atoms with Crippen LogP contribution >= 0.6 is 0 Å². The third-order valence-corrected chi connectivity index (χ3v) is 9.80. The van der Waals surface area contributed by atoms with Crippen LogP contribution in [0.3, 0.4) is 0 Å². The monoisotopic (exact) mass is 667 g/mol. The van der Waals surface area contributed by atoms with Crippen LogP contribution in [-0.2, 0) is 30.2 Å². The van der Waals surface area contributed by atoms with Crippen LogP contribution in [0.5, 0.6) is 17.2 Å². The quantitative estimate of drug-likeness (QED) is 0.123. The van der Waals surface area contributed by atoms with Gasteiger partial charge in [0.25, 0.3) is 0 Å². The highest BCUT2D eigenvalue weighted by Crippen LogP contribution is 2.52. The first-order valence-corrected chi connectivity index (χ1v) is 15.7. The molecule has 0 aromatic heterocycles. The van der Waals surface area contributed by atoms with Gasteiger partial charge in [0.2, 0.25) is 5.78 Å². The number of ether oxygens (including phenoxy) is 5. The van der Waals surface area contributed by atoms with Gasteiger partial charge in [0.05, 0.1) is 60.4 Å². The largest absolute Gasteiger partial charge is 0.507 e. The fourth-order valence-corrected chi connectivity index (χ4v) is 7.19. The van der Waals surface area contributed by atoms with E-state index in [9.17, 15) is 40.3 Å². The molecule has 2 aliphatic carbocycles. The lowest BCUT2D eigenvalue weighted by Gasteiger charge is -2.44. The second kappa shape index (κ2) is 12.7. The number of carbonyl (C=O) groups excluding carboxylic acids is 3. The average molecular weight is 668 g/mol. The molecular weight excluding hydrogens is 630 g/mol. The predicted molar refractivity (Wildman–Crippen MR) is 164 cm³/mol. The molecule has 2 fully saturated rings. The molecule has 256 valence electrons. The molecule has 9 atom stereocenters. The number of phenols is 2. The van der Waals surface area contributed by atoms with Gasteiger partial charge in [-0.3, -0.25) is 14.4 Å². The lowest BCUT2D eigenvalue weighted by atomic mass is 9.72. The molecule has 0 amide bonds. The van der Waals surface area contributed by atoms with Crippen LogP contribution in [0, 0.1) is 0 Å². The highest BCUT2D eigenvalue weighted by atomic mass is 16.7. The molecule has 4 N–H and O–H groups in total. The van der Waals surface area contributed by atoms with E-state index in [-0.39, 0.29) is 40.8 Å². The molecule has 0 bridgehead atoms. The van der Waals surface area contributed by atoms with Crippen molar-refractivity contribution in [1.29, 1.82) is 0 Å². The van der Waals surface area contributed by atoms with Crippen LogP contribution < -0.4 is 4.74 Å². The van der Waals surface area contributed by atoms with Crippen LogP contribution in [0.15, 0.2) is 23.3 Å². The van der Waals surface area contributed by atoms with Crippen molar-refractivity contribution in [2.45, 2.75) is 108 Å². The van der Waals surface area contributed by atoms with E-state index < -0.39 is 101 Å². The molecule has 0 spiro atoms. The number of aromatic hydroxyl groups is 2. The minimum atomic E-state index is -2.08. The SMILES string of the molecule is COc1cccc2c1C(=O)c1c(O)c3c(c(O)c1C2=O)C[C@@](O)(C(C)=O)C[C@@H]3O[C@H]1CC(N=[N+]=[N-])[C@H](O[C@H]2CC[C@@H](O)[C@H](C)O2)[C@H](C)O1. The molecule has 6 rings (SSSR count). The first kappa shape index (κ1) is 33.8. The van der Waals surface area contributed by atoms with E-state index in [0.717, 1.165) is 0 Å². The first-order chi connectivity index (χ1) is 22.8. The van der Waals surface area contributed by atoms with Crippen LogP contribution in [0.1, 0.15) is 95.5 Å². The molecule has 2 aliphatic heterocycles. The van der Waals surface area contributed by atoms with E-state index >= 15 is 0 Å². The zero-order valence-corrected chi connectivity index (χ0v) is 26.8. The first-order valence-electron chi connectivity index (χ1n) is 15.7. The Balaban J connectivity index is 1.36. The van der Waals surface area contributed by atoms with Crippen LogP contribution in [0.4, 0.5) is 0 Å². The number of nitrogens with zero attached hydrogens (tertiary/aromatic N) is 3. The van der Waals surface area contributed by atoms with Crippen molar-refractivity contribution < 1.29 is 58.5 Å². The summed E-state index contributed by atoms with van der Waals surface area (Å²) in [6, 6.07) is 3.58. The number of phenolic OH excluding ortho intramolecular Hbond substituents is 2. The van der Waals surface area contributed by atoms with E-state index in [1.165, 1.54) is 32.2 Å². The van der Waals surface area contributed by atoms with E-state index in [1.807, 2.05) is 0 Å². The zero-order chi connectivity index (χ0) is 34.7. The van der Waals surface area contributed by atoms with Gasteiger partial charge in [-0.1, -0.05) is 17.2 Å². The van der Waals surface area contributed by atoms with Crippen LogP contribution in [0.25, 0.3) is 10.4 Å². The predicted octanol–water partition coefficient (Wildman–Crippen LogP) is 3.29. The number of carbonyl (C=O) groups is 3. The summed E-state index contributed by atoms with van der Waals surface area (Å²) in [4.78, 5) is 43.3. The highest BCUT2D eigenvalue weighted by molar-refractivity contribution is 6.31. The Kier molecular flexibility index (Phi) is 8.98. The summed E-state index contributed by atoms with van der Waals surface area (Å²) >= 11 is 0. The van der Waals surface area contributed by atoms with Gasteiger partial charge in [-0.2, -0.15) is 0 Å². The fourth-order valence-electron chi connectivity index (χ4n) is 7.19. The smallest absolute Gasteiger partial charge is 0.202 e. The maximum absolute atomic E-state index is 13.9. The van der Waals surface area contributed by atoms with Crippen LogP contribution in [-0.4, -0.2) is 93.5 Å². The Labute approximate surface area is 274 Å². The molecule has 2 heterocycles. The van der Waals surface area contributed by atoms with Gasteiger partial charge in [-0.25, -0.2) is 0 Å². The van der Waals surface area contributed by atoms with Crippen LogP contribution in [0.2, 0.25) is 0 Å². The number of ketones is 3. The minimum Gasteiger partial charge on any atom is -0.507 e. The molecule has 1 unspecified atom stereocenters. The summed E-state index contributed by atoms with van der Waals surface area (Å²) in [5.41, 5.74) is 6.03. The number of azide groups is 1. The molecule has 2 aromatic carbocycles. The molecular formula is C33H37N3O12. The van der Waals surface area contributed by atoms with E-state index in [0.29, 0.717) is 12.8 Å². The molecule has 48 heavy (non-hydrogen) atoms. The van der Waals surface area contributed by atoms with Crippen molar-refractivity contribution in [3.8, 4) is 17.2 Å². The van der Waals surface area contributed by atoms with Gasteiger partial charge in [0.15, 0.2) is 24.1 Å². The van der Waals surface area contributed by atoms with Gasteiger partial charge in [-0.05, 0) is 38.8 Å². The second-order valence-corrected chi connectivity index (χ2v) is 12.8. The Hall–Kier alpha value is -4.08. The zero-order valence-electron chi connectivity index (χ0n) is 26.8. The minimum absolute atomic E-state index is 0.0401. The summed E-state index contributed by atoms with van der Waals surface area (Å²) in [7, 11) is 1.33. The van der Waals surface area contributed by atoms with Crippen molar-refractivity contribution in [3.05, 3.63) is 62.0 Å². The summed E-state index contributed by atoms with van der Waals surface area (Å²) in [6.45, 7) is 4.57. The third-order valence-electron chi connectivity index (χ3n) is 9.80. The standard InChI is InChI=1S/C33H37N3O12/c1-13-19(38)8-9-22(45-13)48-32-14(2)46-23(10-18(32)35-36-34)47-21-12-33(43,15(3)37)11-17-25(21)31(42)27-26(29(17)40)28(39)16-6-5-7-20(44-4)24(16)30(27)41/h5-7,13-14,18-19,21-23,32,38,40,42-43H,8-12H2,1-4H3/t13-,14-,18?,19+,21-,22-,23-,32+,33-/m0/s1. The fraction of sp³-hybridized carbons (Fsp3) is 0.545. The average Bonchev–Trinajstić information content (AvgIpc) is 3.04. The van der Waals surface area contributed by atoms with E-state index in [2.05, 4.69) is 10.0 Å². The van der Waals surface area contributed by atoms with Crippen molar-refractivity contribution >= 4 is 17.3 Å². The Bertz CT molecular complexity index is 1720. The van der Waals surface area contributed by atoms with E-state index in [4.69, 9.17) is 23.7 Å². The number of hydrogen-bond donors (Lipinski definition) is 4. The summed E-state index contributed by atoms with van der Waals surface area (Å²) < 4.78 is 29.6. The molecule has 0 saturated carbocycles. The molecule has 2 aromatic rings. The Morgan fingerprint density at radius 1 is 1.02 bits per heavy atom. The van der Waals surface area contributed by atoms with Gasteiger partial charge < -0.3 is 44.1 Å². The summed E-state index contributed by atoms with van der Waals surface area (Å²) in [5.74, 6) is -3.38. The maximum atomic E-state index is 13.9. The number of benzene rings is 2. The number of hydrogen-bond acceptors (Lipinski definition) is 13. The normalized spacial score (nSPS) is 32.8. The van der Waals surface area contributed by atoms with Crippen molar-refractivity contribution in [2.75, 3.05) is 7.11 Å². The van der Waals surface area contributed by atoms with Crippen molar-refractivity contribution in [3.63, 3.8) is 0 Å². The number of aliphatic hydroxyl groups is 2. The summed E-state index contributed by atoms with van der Waals surface area (Å²) in [6.07, 6.45) is -5.76. The lowest BCUT2D eigenvalue weighted by molar-refractivity contribution is -0.293. The van der Waals surface area contributed by atoms with E-state index in [1.54, 1.807) is 13.8 Å². The number of rotatable bonds is 7. The Morgan fingerprint density at radius 3 is 2.40 bits per heavy atom. The molecule has 15 nitrogen and oxygen atoms in total. The lowest BCUT2D eigenvalue weighted by Crippen LogP contribution is -2.52.